The molecule has 3 N–H and O–H groups in total. The van der Waals surface area contributed by atoms with E-state index in [-0.39, 0.29) is 18.9 Å². The number of halogens is 3. The van der Waals surface area contributed by atoms with E-state index in [0.29, 0.717) is 19.6 Å². The summed E-state index contributed by atoms with van der Waals surface area (Å²) >= 11 is 0. The van der Waals surface area contributed by atoms with Gasteiger partial charge in [-0.3, -0.25) is 0 Å². The van der Waals surface area contributed by atoms with Gasteiger partial charge in [-0.25, -0.2) is 4.79 Å². The van der Waals surface area contributed by atoms with Crippen molar-refractivity contribution < 1.29 is 32.9 Å². The highest BCUT2D eigenvalue weighted by molar-refractivity contribution is 5.90. The van der Waals surface area contributed by atoms with Crippen LogP contribution in [0.3, 0.4) is 0 Å². The Morgan fingerprint density at radius 1 is 1.29 bits per heavy atom. The molecular weight excluding hydrogens is 291 g/mol. The minimum Gasteiger partial charge on any atom is -0.478 e. The molecule has 0 aliphatic heterocycles. The summed E-state index contributed by atoms with van der Waals surface area (Å²) in [6.45, 7) is 0.868. The lowest BCUT2D eigenvalue weighted by Gasteiger charge is -2.13. The molecule has 0 atom stereocenters. The summed E-state index contributed by atoms with van der Waals surface area (Å²) in [7, 11) is 0. The van der Waals surface area contributed by atoms with Crippen molar-refractivity contribution >= 4 is 11.7 Å². The lowest BCUT2D eigenvalue weighted by Crippen LogP contribution is -2.14. The van der Waals surface area contributed by atoms with Crippen LogP contribution in [0.15, 0.2) is 18.2 Å². The van der Waals surface area contributed by atoms with Crippen molar-refractivity contribution in [2.45, 2.75) is 12.6 Å². The predicted molar refractivity (Wildman–Crippen MR) is 69.4 cm³/mol. The number of aliphatic hydroxyl groups is 1. The topological polar surface area (TPSA) is 78.8 Å². The Balaban J connectivity index is 2.66. The molecule has 0 bridgehead atoms. The average molecular weight is 307 g/mol. The quantitative estimate of drug-likeness (QED) is 0.642. The Labute approximate surface area is 119 Å². The molecule has 1 aromatic rings. The lowest BCUT2D eigenvalue weighted by atomic mass is 10.1. The second kappa shape index (κ2) is 7.84. The normalized spacial score (nSPS) is 11.4. The van der Waals surface area contributed by atoms with Gasteiger partial charge in [0.25, 0.3) is 0 Å². The van der Waals surface area contributed by atoms with E-state index in [9.17, 15) is 18.0 Å². The zero-order valence-electron chi connectivity index (χ0n) is 11.1. The number of nitrogens with one attached hydrogen (secondary N) is 1. The monoisotopic (exact) mass is 307 g/mol. The van der Waals surface area contributed by atoms with Crippen LogP contribution >= 0.6 is 0 Å². The van der Waals surface area contributed by atoms with Crippen LogP contribution in [0.5, 0.6) is 0 Å². The van der Waals surface area contributed by atoms with E-state index in [2.05, 4.69) is 5.32 Å². The second-order valence-corrected chi connectivity index (χ2v) is 4.18. The average Bonchev–Trinajstić information content (AvgIpc) is 2.41. The van der Waals surface area contributed by atoms with E-state index >= 15 is 0 Å². The van der Waals surface area contributed by atoms with Crippen LogP contribution in [-0.2, 0) is 10.9 Å². The molecule has 118 valence electrons. The van der Waals surface area contributed by atoms with Gasteiger partial charge >= 0.3 is 12.1 Å². The minimum absolute atomic E-state index is 0.0843. The molecule has 0 aromatic heterocycles. The molecule has 0 aliphatic rings. The van der Waals surface area contributed by atoms with Crippen LogP contribution in [0.25, 0.3) is 0 Å². The third kappa shape index (κ3) is 5.60. The second-order valence-electron chi connectivity index (χ2n) is 4.18. The standard InChI is InChI=1S/C13H16F3NO4/c14-13(15,16)11-8-9(2-3-10(11)12(19)20)17-4-1-6-21-7-5-18/h2-3,8,17-18H,1,4-7H2,(H,19,20). The zero-order chi connectivity index (χ0) is 15.9. The van der Waals surface area contributed by atoms with E-state index < -0.39 is 23.3 Å². The summed E-state index contributed by atoms with van der Waals surface area (Å²) in [5.74, 6) is -1.62. The summed E-state index contributed by atoms with van der Waals surface area (Å²) in [6.07, 6.45) is -4.18. The summed E-state index contributed by atoms with van der Waals surface area (Å²) < 4.78 is 43.3. The molecule has 1 rings (SSSR count). The molecule has 5 nitrogen and oxygen atoms in total. The number of alkyl halides is 3. The summed E-state index contributed by atoms with van der Waals surface area (Å²) in [5, 5.41) is 20.0. The van der Waals surface area contributed by atoms with E-state index in [4.69, 9.17) is 14.9 Å². The van der Waals surface area contributed by atoms with Crippen molar-refractivity contribution in [1.82, 2.24) is 0 Å². The van der Waals surface area contributed by atoms with E-state index in [1.54, 1.807) is 0 Å². The highest BCUT2D eigenvalue weighted by Gasteiger charge is 2.35. The highest BCUT2D eigenvalue weighted by atomic mass is 19.4. The number of rotatable bonds is 8. The SMILES string of the molecule is O=C(O)c1ccc(NCCCOCCO)cc1C(F)(F)F. The first-order valence-corrected chi connectivity index (χ1v) is 6.23. The summed E-state index contributed by atoms with van der Waals surface area (Å²) in [4.78, 5) is 10.8. The Morgan fingerprint density at radius 2 is 2.00 bits per heavy atom. The maximum atomic E-state index is 12.8. The van der Waals surface area contributed by atoms with Gasteiger partial charge in [0.15, 0.2) is 0 Å². The first-order valence-electron chi connectivity index (χ1n) is 6.23. The van der Waals surface area contributed by atoms with Gasteiger partial charge in [0.05, 0.1) is 24.3 Å². The molecule has 21 heavy (non-hydrogen) atoms. The van der Waals surface area contributed by atoms with Gasteiger partial charge in [0.1, 0.15) is 0 Å². The predicted octanol–water partition coefficient (Wildman–Crippen LogP) is 2.21. The van der Waals surface area contributed by atoms with Crippen LogP contribution in [0.2, 0.25) is 0 Å². The van der Waals surface area contributed by atoms with Crippen molar-refractivity contribution in [3.8, 4) is 0 Å². The molecular formula is C13H16F3NO4. The fourth-order valence-corrected chi connectivity index (χ4v) is 1.65. The van der Waals surface area contributed by atoms with Crippen LogP contribution in [-0.4, -0.2) is 42.5 Å². The number of aliphatic hydroxyl groups excluding tert-OH is 1. The molecule has 0 saturated heterocycles. The molecule has 0 amide bonds. The Hall–Kier alpha value is -1.80. The van der Waals surface area contributed by atoms with Crippen molar-refractivity contribution in [3.05, 3.63) is 29.3 Å². The number of benzene rings is 1. The third-order valence-corrected chi connectivity index (χ3v) is 2.59. The van der Waals surface area contributed by atoms with Crippen molar-refractivity contribution in [1.29, 1.82) is 0 Å². The number of carboxylic acid groups (broad SMARTS) is 1. The van der Waals surface area contributed by atoms with E-state index in [1.807, 2.05) is 0 Å². The molecule has 0 radical (unpaired) electrons. The third-order valence-electron chi connectivity index (χ3n) is 2.59. The molecule has 0 saturated carbocycles. The molecule has 1 aromatic carbocycles. The van der Waals surface area contributed by atoms with Crippen molar-refractivity contribution in [2.24, 2.45) is 0 Å². The van der Waals surface area contributed by atoms with Crippen molar-refractivity contribution in [2.75, 3.05) is 31.7 Å². The molecule has 0 heterocycles. The maximum Gasteiger partial charge on any atom is 0.417 e. The van der Waals surface area contributed by atoms with Gasteiger partial charge in [-0.2, -0.15) is 13.2 Å². The number of carboxylic acids is 1. The van der Waals surface area contributed by atoms with Gasteiger partial charge in [-0.05, 0) is 24.6 Å². The van der Waals surface area contributed by atoms with Crippen LogP contribution in [0, 0.1) is 0 Å². The van der Waals surface area contributed by atoms with Gasteiger partial charge in [0, 0.05) is 18.8 Å². The maximum absolute atomic E-state index is 12.8. The first kappa shape index (κ1) is 17.3. The van der Waals surface area contributed by atoms with E-state index in [1.165, 1.54) is 6.07 Å². The van der Waals surface area contributed by atoms with Gasteiger partial charge < -0.3 is 20.3 Å². The van der Waals surface area contributed by atoms with E-state index in [0.717, 1.165) is 12.1 Å². The molecule has 0 spiro atoms. The zero-order valence-corrected chi connectivity index (χ0v) is 11.1. The number of anilines is 1. The Kier molecular flexibility index (Phi) is 6.44. The van der Waals surface area contributed by atoms with Crippen LogP contribution in [0.4, 0.5) is 18.9 Å². The first-order chi connectivity index (χ1) is 9.86. The molecule has 0 unspecified atom stereocenters. The minimum atomic E-state index is -4.73. The fraction of sp³-hybridized carbons (Fsp3) is 0.462. The number of hydrogen-bond acceptors (Lipinski definition) is 4. The molecule has 0 fully saturated rings. The number of carbonyl (C=O) groups is 1. The van der Waals surface area contributed by atoms with Crippen molar-refractivity contribution in [3.63, 3.8) is 0 Å². The lowest BCUT2D eigenvalue weighted by molar-refractivity contribution is -0.138. The fourth-order valence-electron chi connectivity index (χ4n) is 1.65. The largest absolute Gasteiger partial charge is 0.478 e. The number of hydrogen-bond donors (Lipinski definition) is 3. The summed E-state index contributed by atoms with van der Waals surface area (Å²) in [5.41, 5.74) is -1.77. The highest BCUT2D eigenvalue weighted by Crippen LogP contribution is 2.33. The summed E-state index contributed by atoms with van der Waals surface area (Å²) in [6, 6.07) is 2.99. The number of ether oxygens (including phenoxy) is 1. The van der Waals surface area contributed by atoms with Gasteiger partial charge in [-0.1, -0.05) is 0 Å². The Bertz CT molecular complexity index is 477. The molecule has 8 heteroatoms. The number of aromatic carboxylic acids is 1. The van der Waals surface area contributed by atoms with Crippen LogP contribution in [0.1, 0.15) is 22.3 Å². The Morgan fingerprint density at radius 3 is 2.57 bits per heavy atom. The van der Waals surface area contributed by atoms with Gasteiger partial charge in [0.2, 0.25) is 0 Å². The van der Waals surface area contributed by atoms with Gasteiger partial charge in [-0.15, -0.1) is 0 Å². The molecule has 0 aliphatic carbocycles. The van der Waals surface area contributed by atoms with Crippen LogP contribution < -0.4 is 5.32 Å². The smallest absolute Gasteiger partial charge is 0.417 e.